The Bertz CT molecular complexity index is 840. The summed E-state index contributed by atoms with van der Waals surface area (Å²) in [7, 11) is -12.9. The van der Waals surface area contributed by atoms with Crippen LogP contribution >= 0.6 is 7.82 Å². The number of rotatable bonds is 12. The van der Waals surface area contributed by atoms with Crippen LogP contribution in [0.4, 0.5) is 61.6 Å². The summed E-state index contributed by atoms with van der Waals surface area (Å²) in [5.41, 5.74) is 0. The molecule has 200 valence electrons. The highest BCUT2D eigenvalue weighted by molar-refractivity contribution is 7.90. The molecule has 0 amide bonds. The van der Waals surface area contributed by atoms with Crippen LogP contribution in [-0.4, -0.2) is 71.0 Å². The van der Waals surface area contributed by atoms with Gasteiger partial charge in [-0.25, -0.2) is 13.0 Å². The Morgan fingerprint density at radius 1 is 0.727 bits per heavy atom. The third-order valence-corrected chi connectivity index (χ3v) is 5.60. The van der Waals surface area contributed by atoms with Crippen molar-refractivity contribution in [3.63, 3.8) is 0 Å². The van der Waals surface area contributed by atoms with Crippen LogP contribution in [0.25, 0.3) is 0 Å². The van der Waals surface area contributed by atoms with Crippen LogP contribution in [0, 0.1) is 0 Å². The van der Waals surface area contributed by atoms with E-state index in [1.165, 1.54) is 0 Å². The molecular formula is C10H10F14NO6PS. The molecule has 0 rings (SSSR count). The van der Waals surface area contributed by atoms with Crippen LogP contribution in [0.15, 0.2) is 0 Å². The first-order valence-corrected chi connectivity index (χ1v) is 10.4. The fourth-order valence-electron chi connectivity index (χ4n) is 1.68. The molecule has 0 aromatic heterocycles. The third-order valence-electron chi connectivity index (χ3n) is 3.48. The zero-order chi connectivity index (χ0) is 27.1. The van der Waals surface area contributed by atoms with Gasteiger partial charge in [-0.05, 0) is 17.4 Å². The summed E-state index contributed by atoms with van der Waals surface area (Å²) in [6.45, 7) is -3.01. The van der Waals surface area contributed by atoms with Crippen molar-refractivity contribution < 1.29 is 88.9 Å². The number of sulfonamides is 1. The van der Waals surface area contributed by atoms with Gasteiger partial charge in [0.2, 0.25) is 0 Å². The van der Waals surface area contributed by atoms with Gasteiger partial charge in [0.15, 0.2) is 0 Å². The van der Waals surface area contributed by atoms with Crippen molar-refractivity contribution in [2.24, 2.45) is 0 Å². The first kappa shape index (κ1) is 32.0. The second-order valence-corrected chi connectivity index (χ2v) is 8.96. The molecule has 0 aliphatic heterocycles. The van der Waals surface area contributed by atoms with Gasteiger partial charge in [0, 0.05) is 6.54 Å². The number of nitrogens with zero attached hydrogens (tertiary/aromatic N) is 1. The lowest BCUT2D eigenvalue weighted by molar-refractivity contribution is -0.433. The Labute approximate surface area is 173 Å². The Morgan fingerprint density at radius 3 is 1.48 bits per heavy atom. The number of halogens is 14. The Kier molecular flexibility index (Phi) is 8.98. The fourth-order valence-corrected chi connectivity index (χ4v) is 3.12. The van der Waals surface area contributed by atoms with Crippen molar-refractivity contribution >= 4 is 17.8 Å². The molecule has 0 bridgehead atoms. The predicted molar refractivity (Wildman–Crippen MR) is 74.8 cm³/mol. The summed E-state index contributed by atoms with van der Waals surface area (Å²) in [4.78, 5) is 16.5. The minimum atomic E-state index is -8.42. The van der Waals surface area contributed by atoms with Gasteiger partial charge in [-0.3, -0.25) is 4.52 Å². The van der Waals surface area contributed by atoms with Crippen LogP contribution in [-0.2, 0) is 19.1 Å². The molecule has 0 aromatic rings. The van der Waals surface area contributed by atoms with E-state index in [-0.39, 0.29) is 0 Å². The van der Waals surface area contributed by atoms with Gasteiger partial charge in [-0.2, -0.15) is 57.1 Å². The van der Waals surface area contributed by atoms with Crippen molar-refractivity contribution in [1.29, 1.82) is 0 Å². The topological polar surface area (TPSA) is 104 Å². The van der Waals surface area contributed by atoms with Gasteiger partial charge in [0.1, 0.15) is 0 Å². The molecule has 0 unspecified atom stereocenters. The molecule has 0 heterocycles. The van der Waals surface area contributed by atoms with Crippen molar-refractivity contribution in [3.8, 4) is 0 Å². The molecular weight excluding hydrogens is 559 g/mol. The lowest BCUT2D eigenvalue weighted by Gasteiger charge is -2.39. The number of hydrogen-bond donors (Lipinski definition) is 2. The van der Waals surface area contributed by atoms with E-state index in [9.17, 15) is 74.5 Å². The maximum absolute atomic E-state index is 13.6. The molecule has 0 aromatic carbocycles. The van der Waals surface area contributed by atoms with E-state index < -0.39 is 83.5 Å². The molecule has 0 aliphatic carbocycles. The van der Waals surface area contributed by atoms with Gasteiger partial charge in [-0.1, -0.05) is 0 Å². The van der Waals surface area contributed by atoms with E-state index in [2.05, 4.69) is 4.52 Å². The molecule has 0 saturated carbocycles. The standard InChI is InChI=1S/C10H10F14NO6PS/c11-5(12,7(15,16)9(19,20)21)6(13,14)8(17,18)10(22,23)33(29,30)25(24)3-1-2-4-31-32(26,27)28/h1-4H2,(H2,26,27,28). The van der Waals surface area contributed by atoms with Gasteiger partial charge in [0.25, 0.3) is 0 Å². The average Bonchev–Trinajstić information content (AvgIpc) is 2.58. The second kappa shape index (κ2) is 9.25. The molecule has 0 aliphatic rings. The Morgan fingerprint density at radius 2 is 1.12 bits per heavy atom. The van der Waals surface area contributed by atoms with Crippen molar-refractivity contribution in [3.05, 3.63) is 0 Å². The minimum Gasteiger partial charge on any atom is -0.303 e. The summed E-state index contributed by atoms with van der Waals surface area (Å²) in [6, 6.07) is 0. The summed E-state index contributed by atoms with van der Waals surface area (Å²) >= 11 is 0. The second-order valence-electron chi connectivity index (χ2n) is 5.86. The summed E-state index contributed by atoms with van der Waals surface area (Å²) in [6.07, 6.45) is -9.63. The lowest BCUT2D eigenvalue weighted by atomic mass is 9.98. The number of unbranched alkanes of at least 4 members (excludes halogenated alkanes) is 1. The smallest absolute Gasteiger partial charge is 0.303 e. The monoisotopic (exact) mass is 569 g/mol. The molecule has 0 spiro atoms. The lowest BCUT2D eigenvalue weighted by Crippen LogP contribution is -2.71. The molecule has 0 fully saturated rings. The van der Waals surface area contributed by atoms with Crippen LogP contribution in [0.2, 0.25) is 0 Å². The average molecular weight is 569 g/mol. The molecule has 7 nitrogen and oxygen atoms in total. The third kappa shape index (κ3) is 5.65. The first-order valence-electron chi connectivity index (χ1n) is 7.47. The van der Waals surface area contributed by atoms with Crippen LogP contribution in [0.3, 0.4) is 0 Å². The largest absolute Gasteiger partial charge is 0.469 e. The van der Waals surface area contributed by atoms with E-state index >= 15 is 0 Å². The van der Waals surface area contributed by atoms with Crippen molar-refractivity contribution in [1.82, 2.24) is 4.53 Å². The van der Waals surface area contributed by atoms with Crippen molar-refractivity contribution in [2.75, 3.05) is 13.2 Å². The quantitative estimate of drug-likeness (QED) is 0.159. The Balaban J connectivity index is 5.97. The summed E-state index contributed by atoms with van der Waals surface area (Å²) < 4.78 is 216. The fraction of sp³-hybridized carbons (Fsp3) is 1.00. The number of phosphoric acid groups is 1. The number of phosphoric ester groups is 1. The molecule has 0 radical (unpaired) electrons. The van der Waals surface area contributed by atoms with E-state index in [1.807, 2.05) is 0 Å². The van der Waals surface area contributed by atoms with Crippen LogP contribution in [0.5, 0.6) is 0 Å². The minimum absolute atomic E-state index is 0.810. The number of hydrogen-bond acceptors (Lipinski definition) is 4. The maximum atomic E-state index is 13.6. The normalized spacial score (nSPS) is 15.9. The predicted octanol–water partition coefficient (Wildman–Crippen LogP) is 4.09. The zero-order valence-electron chi connectivity index (χ0n) is 15.0. The highest BCUT2D eigenvalue weighted by Gasteiger charge is 2.92. The van der Waals surface area contributed by atoms with Gasteiger partial charge < -0.3 is 9.79 Å². The Hall–Kier alpha value is -0.960. The van der Waals surface area contributed by atoms with Crippen LogP contribution < -0.4 is 0 Å². The van der Waals surface area contributed by atoms with Gasteiger partial charge >= 0.3 is 53.0 Å². The molecule has 33 heavy (non-hydrogen) atoms. The van der Waals surface area contributed by atoms with Crippen LogP contribution in [0.1, 0.15) is 12.8 Å². The van der Waals surface area contributed by atoms with E-state index in [1.54, 1.807) is 0 Å². The number of alkyl halides is 13. The molecule has 23 heteroatoms. The van der Waals surface area contributed by atoms with Crippen molar-refractivity contribution in [2.45, 2.75) is 48.0 Å². The molecule has 2 N–H and O–H groups in total. The first-order chi connectivity index (χ1) is 14.1. The highest BCUT2D eigenvalue weighted by atomic mass is 32.2. The van der Waals surface area contributed by atoms with Gasteiger partial charge in [0.05, 0.1) is 6.61 Å². The van der Waals surface area contributed by atoms with E-state index in [4.69, 9.17) is 9.79 Å². The van der Waals surface area contributed by atoms with E-state index in [0.717, 1.165) is 0 Å². The molecule has 0 atom stereocenters. The van der Waals surface area contributed by atoms with E-state index in [0.29, 0.717) is 0 Å². The zero-order valence-corrected chi connectivity index (χ0v) is 16.7. The van der Waals surface area contributed by atoms with Gasteiger partial charge in [-0.15, -0.1) is 4.48 Å². The molecule has 0 saturated heterocycles. The summed E-state index contributed by atoms with van der Waals surface area (Å²) in [5, 5.41) is -7.72. The SMILES string of the molecule is O=P(O)(O)OCCCCN(F)S(=O)(=O)C(F)(F)C(F)(F)C(F)(F)C(F)(F)C(F)(F)C(F)(F)F. The summed E-state index contributed by atoms with van der Waals surface area (Å²) in [5.74, 6) is -33.1. The maximum Gasteiger partial charge on any atom is 0.469 e. The highest BCUT2D eigenvalue weighted by Crippen LogP contribution is 2.61.